The summed E-state index contributed by atoms with van der Waals surface area (Å²) in [6.45, 7) is 0. The van der Waals surface area contributed by atoms with Crippen molar-refractivity contribution in [2.45, 2.75) is 36.1 Å². The van der Waals surface area contributed by atoms with Crippen LogP contribution in [0.3, 0.4) is 0 Å². The molecule has 1 aromatic carbocycles. The highest BCUT2D eigenvalue weighted by Crippen LogP contribution is 2.26. The first-order chi connectivity index (χ1) is 12.1. The summed E-state index contributed by atoms with van der Waals surface area (Å²) in [4.78, 5) is 24.1. The van der Waals surface area contributed by atoms with E-state index >= 15 is 0 Å². The van der Waals surface area contributed by atoms with Gasteiger partial charge in [0.25, 0.3) is 5.91 Å². The lowest BCUT2D eigenvalue weighted by Gasteiger charge is -2.10. The smallest absolute Gasteiger partial charge is 0.259 e. The Hall–Kier alpha value is -1.64. The predicted molar refractivity (Wildman–Crippen MR) is 100 cm³/mol. The van der Waals surface area contributed by atoms with Crippen molar-refractivity contribution in [1.82, 2.24) is 15.5 Å². The molecule has 2 aromatic rings. The van der Waals surface area contributed by atoms with E-state index in [1.54, 1.807) is 24.3 Å². The second-order valence-electron chi connectivity index (χ2n) is 5.64. The minimum Gasteiger partial charge on any atom is -0.353 e. The van der Waals surface area contributed by atoms with E-state index in [1.165, 1.54) is 35.9 Å². The number of anilines is 1. The number of hydrogen-bond donors (Lipinski definition) is 2. The highest BCUT2D eigenvalue weighted by Gasteiger charge is 2.18. The molecule has 9 heteroatoms. The van der Waals surface area contributed by atoms with Crippen molar-refractivity contribution in [2.75, 3.05) is 11.1 Å². The number of benzene rings is 1. The molecule has 0 unspecified atom stereocenters. The highest BCUT2D eigenvalue weighted by molar-refractivity contribution is 8.01. The minimum atomic E-state index is -0.336. The maximum atomic E-state index is 12.2. The molecule has 1 fully saturated rings. The number of aromatic nitrogens is 2. The van der Waals surface area contributed by atoms with Crippen LogP contribution in [0.25, 0.3) is 0 Å². The van der Waals surface area contributed by atoms with E-state index in [0.29, 0.717) is 31.9 Å². The van der Waals surface area contributed by atoms with Gasteiger partial charge in [-0.15, -0.1) is 10.2 Å². The molecule has 1 aromatic heterocycles. The van der Waals surface area contributed by atoms with Crippen LogP contribution in [0.4, 0.5) is 5.13 Å². The van der Waals surface area contributed by atoms with Gasteiger partial charge in [-0.05, 0) is 25.0 Å². The number of thioether (sulfide) groups is 1. The zero-order valence-corrected chi connectivity index (χ0v) is 15.7. The molecule has 1 heterocycles. The number of rotatable bonds is 6. The summed E-state index contributed by atoms with van der Waals surface area (Å²) in [5.74, 6) is -0.0325. The van der Waals surface area contributed by atoms with E-state index in [0.717, 1.165) is 12.8 Å². The van der Waals surface area contributed by atoms with E-state index in [4.69, 9.17) is 11.6 Å². The van der Waals surface area contributed by atoms with Gasteiger partial charge in [0.05, 0.1) is 16.3 Å². The van der Waals surface area contributed by atoms with Crippen LogP contribution < -0.4 is 10.6 Å². The largest absolute Gasteiger partial charge is 0.353 e. The van der Waals surface area contributed by atoms with Crippen molar-refractivity contribution in [3.63, 3.8) is 0 Å². The average Bonchev–Trinajstić information content (AvgIpc) is 3.25. The molecule has 25 heavy (non-hydrogen) atoms. The van der Waals surface area contributed by atoms with Crippen LogP contribution in [0.1, 0.15) is 36.0 Å². The molecule has 1 aliphatic carbocycles. The number of nitrogens with zero attached hydrogens (tertiary/aromatic N) is 2. The van der Waals surface area contributed by atoms with Gasteiger partial charge < -0.3 is 5.32 Å². The van der Waals surface area contributed by atoms with E-state index in [2.05, 4.69) is 20.8 Å². The normalized spacial score (nSPS) is 14.4. The summed E-state index contributed by atoms with van der Waals surface area (Å²) in [7, 11) is 0. The number of halogens is 1. The summed E-state index contributed by atoms with van der Waals surface area (Å²) in [6.07, 6.45) is 4.49. The minimum absolute atomic E-state index is 0.00810. The summed E-state index contributed by atoms with van der Waals surface area (Å²) in [5, 5.41) is 14.4. The number of amides is 2. The molecule has 1 aliphatic rings. The molecule has 1 saturated carbocycles. The van der Waals surface area contributed by atoms with Crippen LogP contribution in [0.2, 0.25) is 5.02 Å². The molecular weight excluding hydrogens is 380 g/mol. The molecule has 132 valence electrons. The average molecular weight is 397 g/mol. The Balaban J connectivity index is 1.49. The second kappa shape index (κ2) is 8.64. The number of hydrogen-bond acceptors (Lipinski definition) is 6. The monoisotopic (exact) mass is 396 g/mol. The molecule has 2 amide bonds. The Bertz CT molecular complexity index is 762. The van der Waals surface area contributed by atoms with Gasteiger partial charge in [-0.1, -0.05) is 59.7 Å². The first-order valence-electron chi connectivity index (χ1n) is 7.93. The predicted octanol–water partition coefficient (Wildman–Crippen LogP) is 3.59. The lowest BCUT2D eigenvalue weighted by atomic mass is 10.2. The van der Waals surface area contributed by atoms with E-state index in [-0.39, 0.29) is 11.8 Å². The standard InChI is InChI=1S/C16H17ClN4O2S2/c17-12-8-4-3-7-11(12)14(23)19-15-20-21-16(25-15)24-9-13(22)18-10-5-1-2-6-10/h3-4,7-8,10H,1-2,5-6,9H2,(H,18,22)(H,19,20,23). The van der Waals surface area contributed by atoms with Crippen molar-refractivity contribution < 1.29 is 9.59 Å². The SMILES string of the molecule is O=C(CSc1nnc(NC(=O)c2ccccc2Cl)s1)NC1CCCC1. The van der Waals surface area contributed by atoms with Crippen molar-refractivity contribution >= 4 is 51.6 Å². The van der Waals surface area contributed by atoms with E-state index in [9.17, 15) is 9.59 Å². The Kier molecular flexibility index (Phi) is 6.28. The third-order valence-corrected chi connectivity index (χ3v) is 6.09. The Morgan fingerprint density at radius 2 is 2.00 bits per heavy atom. The third-order valence-electron chi connectivity index (χ3n) is 3.79. The van der Waals surface area contributed by atoms with Crippen molar-refractivity contribution in [3.8, 4) is 0 Å². The van der Waals surface area contributed by atoms with Gasteiger partial charge in [-0.25, -0.2) is 0 Å². The maximum Gasteiger partial charge on any atom is 0.259 e. The van der Waals surface area contributed by atoms with Gasteiger partial charge in [-0.3, -0.25) is 14.9 Å². The zero-order valence-electron chi connectivity index (χ0n) is 13.3. The second-order valence-corrected chi connectivity index (χ2v) is 8.25. The number of carbonyl (C=O) groups excluding carboxylic acids is 2. The fourth-order valence-corrected chi connectivity index (χ4v) is 4.37. The quantitative estimate of drug-likeness (QED) is 0.575. The van der Waals surface area contributed by atoms with E-state index in [1.807, 2.05) is 0 Å². The number of nitrogens with one attached hydrogen (secondary N) is 2. The lowest BCUT2D eigenvalue weighted by molar-refractivity contribution is -0.119. The van der Waals surface area contributed by atoms with Crippen molar-refractivity contribution in [1.29, 1.82) is 0 Å². The summed E-state index contributed by atoms with van der Waals surface area (Å²) in [5.41, 5.74) is 0.379. The van der Waals surface area contributed by atoms with E-state index < -0.39 is 0 Å². The molecule has 2 N–H and O–H groups in total. The maximum absolute atomic E-state index is 12.2. The van der Waals surface area contributed by atoms with Gasteiger partial charge in [0.15, 0.2) is 4.34 Å². The fourth-order valence-electron chi connectivity index (χ4n) is 2.60. The zero-order chi connectivity index (χ0) is 17.6. The van der Waals surface area contributed by atoms with Gasteiger partial charge in [0, 0.05) is 6.04 Å². The van der Waals surface area contributed by atoms with Crippen LogP contribution in [0, 0.1) is 0 Å². The summed E-state index contributed by atoms with van der Waals surface area (Å²) < 4.78 is 0.635. The molecule has 0 spiro atoms. The van der Waals surface area contributed by atoms with Gasteiger partial charge in [0.2, 0.25) is 11.0 Å². The van der Waals surface area contributed by atoms with Crippen LogP contribution in [0.15, 0.2) is 28.6 Å². The molecule has 0 bridgehead atoms. The first-order valence-corrected chi connectivity index (χ1v) is 10.1. The Morgan fingerprint density at radius 1 is 1.24 bits per heavy atom. The molecular formula is C16H17ClN4O2S2. The molecule has 0 radical (unpaired) electrons. The van der Waals surface area contributed by atoms with Crippen LogP contribution >= 0.6 is 34.7 Å². The molecule has 0 aliphatic heterocycles. The van der Waals surface area contributed by atoms with Gasteiger partial charge in [-0.2, -0.15) is 0 Å². The van der Waals surface area contributed by atoms with Gasteiger partial charge in [0.1, 0.15) is 0 Å². The van der Waals surface area contributed by atoms with Gasteiger partial charge >= 0.3 is 0 Å². The molecule has 0 atom stereocenters. The summed E-state index contributed by atoms with van der Waals surface area (Å²) >= 11 is 8.55. The fraction of sp³-hybridized carbons (Fsp3) is 0.375. The van der Waals surface area contributed by atoms with Crippen LogP contribution in [-0.4, -0.2) is 33.8 Å². The molecule has 6 nitrogen and oxygen atoms in total. The topological polar surface area (TPSA) is 84.0 Å². The highest BCUT2D eigenvalue weighted by atomic mass is 35.5. The van der Waals surface area contributed by atoms with Crippen LogP contribution in [0.5, 0.6) is 0 Å². The van der Waals surface area contributed by atoms with Crippen LogP contribution in [-0.2, 0) is 4.79 Å². The van der Waals surface area contributed by atoms with Crippen molar-refractivity contribution in [2.24, 2.45) is 0 Å². The Labute approximate surface area is 158 Å². The first kappa shape index (κ1) is 18.2. The number of carbonyl (C=O) groups is 2. The summed E-state index contributed by atoms with van der Waals surface area (Å²) in [6, 6.07) is 7.11. The molecule has 0 saturated heterocycles. The lowest BCUT2D eigenvalue weighted by Crippen LogP contribution is -2.33. The Morgan fingerprint density at radius 3 is 2.76 bits per heavy atom. The third kappa shape index (κ3) is 5.17. The molecule has 3 rings (SSSR count). The van der Waals surface area contributed by atoms with Crippen molar-refractivity contribution in [3.05, 3.63) is 34.9 Å².